The summed E-state index contributed by atoms with van der Waals surface area (Å²) >= 11 is 0. The van der Waals surface area contributed by atoms with E-state index in [2.05, 4.69) is 0 Å². The zero-order valence-electron chi connectivity index (χ0n) is 8.24. The van der Waals surface area contributed by atoms with Crippen molar-refractivity contribution in [1.82, 2.24) is 0 Å². The third kappa shape index (κ3) is 4.04. The van der Waals surface area contributed by atoms with Gasteiger partial charge in [0.2, 0.25) is 0 Å². The molecule has 0 aromatic carbocycles. The normalized spacial score (nSPS) is 19.2. The third-order valence-corrected chi connectivity index (χ3v) is 2.10. The van der Waals surface area contributed by atoms with Crippen LogP contribution in [0.3, 0.4) is 0 Å². The van der Waals surface area contributed by atoms with E-state index >= 15 is 0 Å². The summed E-state index contributed by atoms with van der Waals surface area (Å²) in [6.45, 7) is 5.37. The quantitative estimate of drug-likeness (QED) is 0.566. The first-order chi connectivity index (χ1) is 5.49. The topological polar surface area (TPSA) is 55.3 Å². The van der Waals surface area contributed by atoms with E-state index in [1.54, 1.807) is 6.92 Å². The molecular weight excluding hydrogens is 156 g/mol. The van der Waals surface area contributed by atoms with E-state index < -0.39 is 12.2 Å². The minimum atomic E-state index is -0.889. The zero-order chi connectivity index (χ0) is 9.72. The van der Waals surface area contributed by atoms with Gasteiger partial charge < -0.3 is 14.9 Å². The Kier molecular flexibility index (Phi) is 5.46. The van der Waals surface area contributed by atoms with Crippen LogP contribution in [0.15, 0.2) is 0 Å². The summed E-state index contributed by atoms with van der Waals surface area (Å²) in [5, 5.41) is 22.4. The fourth-order valence-corrected chi connectivity index (χ4v) is 0.845. The van der Waals surface area contributed by atoms with E-state index in [9.17, 15) is 10.2 Å². The first-order valence-corrected chi connectivity index (χ1v) is 4.33. The van der Waals surface area contributed by atoms with Crippen LogP contribution in [0.5, 0.6) is 0 Å². The van der Waals surface area contributed by atoms with Crippen LogP contribution >= 0.6 is 0 Å². The van der Waals surface area contributed by atoms with Crippen molar-refractivity contribution in [1.29, 1.82) is 0 Å². The number of hydrogen-bond donors (Lipinski definition) is 0. The lowest BCUT2D eigenvalue weighted by Gasteiger charge is -2.37. The Morgan fingerprint density at radius 2 is 1.58 bits per heavy atom. The van der Waals surface area contributed by atoms with Crippen LogP contribution in [0.4, 0.5) is 0 Å². The summed E-state index contributed by atoms with van der Waals surface area (Å²) in [6.07, 6.45) is -1.85. The second-order valence-corrected chi connectivity index (χ2v) is 3.50. The molecule has 0 aliphatic rings. The Bertz CT molecular complexity index is 114. The monoisotopic (exact) mass is 174 g/mol. The van der Waals surface area contributed by atoms with Gasteiger partial charge >= 0.3 is 0 Å². The Labute approximate surface area is 74.4 Å². The van der Waals surface area contributed by atoms with E-state index in [1.807, 2.05) is 13.8 Å². The standard InChI is InChI=1S/C9H18O3/c1-6(2)8(10)5-9(11)7(3)12-4/h6-9H,5H2,1-4H3/q-2. The summed E-state index contributed by atoms with van der Waals surface area (Å²) in [5.41, 5.74) is 0. The summed E-state index contributed by atoms with van der Waals surface area (Å²) in [4.78, 5) is 0. The molecule has 0 bridgehead atoms. The number of ether oxygens (including phenoxy) is 1. The van der Waals surface area contributed by atoms with Crippen molar-refractivity contribution in [3.05, 3.63) is 0 Å². The molecule has 0 aliphatic heterocycles. The van der Waals surface area contributed by atoms with E-state index in [0.717, 1.165) is 0 Å². The molecule has 3 heteroatoms. The average Bonchev–Trinajstić information content (AvgIpc) is 2.02. The van der Waals surface area contributed by atoms with Gasteiger partial charge in [0.25, 0.3) is 0 Å². The van der Waals surface area contributed by atoms with Gasteiger partial charge in [-0.2, -0.15) is 0 Å². The molecule has 0 saturated carbocycles. The van der Waals surface area contributed by atoms with Gasteiger partial charge in [0.15, 0.2) is 0 Å². The van der Waals surface area contributed by atoms with Gasteiger partial charge in [-0.05, 0) is 6.92 Å². The van der Waals surface area contributed by atoms with Crippen molar-refractivity contribution in [2.45, 2.75) is 45.5 Å². The Balaban J connectivity index is 3.75. The second-order valence-electron chi connectivity index (χ2n) is 3.50. The van der Waals surface area contributed by atoms with Crippen LogP contribution in [0.25, 0.3) is 0 Å². The maximum atomic E-state index is 11.2. The third-order valence-electron chi connectivity index (χ3n) is 2.10. The highest BCUT2D eigenvalue weighted by Crippen LogP contribution is 2.07. The lowest BCUT2D eigenvalue weighted by molar-refractivity contribution is -0.480. The molecule has 0 aromatic rings. The fraction of sp³-hybridized carbons (Fsp3) is 1.00. The average molecular weight is 174 g/mol. The minimum absolute atomic E-state index is 0.0329. The highest BCUT2D eigenvalue weighted by atomic mass is 16.5. The molecule has 3 unspecified atom stereocenters. The van der Waals surface area contributed by atoms with Crippen LogP contribution in [0, 0.1) is 5.92 Å². The summed E-state index contributed by atoms with van der Waals surface area (Å²) in [5.74, 6) is 0.0329. The predicted octanol–water partition coefficient (Wildman–Crippen LogP) is -0.475. The van der Waals surface area contributed by atoms with Crippen molar-refractivity contribution in [2.24, 2.45) is 5.92 Å². The highest BCUT2D eigenvalue weighted by Gasteiger charge is 2.07. The predicted molar refractivity (Wildman–Crippen MR) is 43.5 cm³/mol. The Morgan fingerprint density at radius 3 is 1.92 bits per heavy atom. The van der Waals surface area contributed by atoms with Crippen LogP contribution in [-0.2, 0) is 4.74 Å². The van der Waals surface area contributed by atoms with Crippen LogP contribution in [0.2, 0.25) is 0 Å². The molecule has 0 rings (SSSR count). The van der Waals surface area contributed by atoms with Crippen molar-refractivity contribution in [3.63, 3.8) is 0 Å². The molecule has 3 atom stereocenters. The Morgan fingerprint density at radius 1 is 1.08 bits per heavy atom. The molecule has 3 nitrogen and oxygen atoms in total. The van der Waals surface area contributed by atoms with E-state index in [0.29, 0.717) is 0 Å². The SMILES string of the molecule is COC(C)C([O-])CC([O-])C(C)C. The molecule has 0 spiro atoms. The van der Waals surface area contributed by atoms with Crippen LogP contribution < -0.4 is 10.2 Å². The second kappa shape index (κ2) is 5.51. The van der Waals surface area contributed by atoms with Gasteiger partial charge in [-0.3, -0.25) is 0 Å². The van der Waals surface area contributed by atoms with Crippen LogP contribution in [0.1, 0.15) is 27.2 Å². The smallest absolute Gasteiger partial charge is 0.0418 e. The number of hydrogen-bond acceptors (Lipinski definition) is 3. The molecule has 0 aliphatic carbocycles. The molecule has 0 heterocycles. The van der Waals surface area contributed by atoms with E-state index in [4.69, 9.17) is 4.74 Å². The van der Waals surface area contributed by atoms with Gasteiger partial charge in [-0.1, -0.05) is 26.2 Å². The van der Waals surface area contributed by atoms with Crippen molar-refractivity contribution < 1.29 is 14.9 Å². The largest absolute Gasteiger partial charge is 0.852 e. The maximum Gasteiger partial charge on any atom is 0.0418 e. The molecule has 12 heavy (non-hydrogen) atoms. The van der Waals surface area contributed by atoms with Gasteiger partial charge in [0, 0.05) is 13.2 Å². The van der Waals surface area contributed by atoms with Gasteiger partial charge in [-0.25, -0.2) is 0 Å². The lowest BCUT2D eigenvalue weighted by Crippen LogP contribution is -2.45. The molecule has 0 radical (unpaired) electrons. The van der Waals surface area contributed by atoms with Crippen LogP contribution in [-0.4, -0.2) is 25.4 Å². The lowest BCUT2D eigenvalue weighted by atomic mass is 9.99. The van der Waals surface area contributed by atoms with Gasteiger partial charge in [0.05, 0.1) is 0 Å². The van der Waals surface area contributed by atoms with Gasteiger partial charge in [-0.15, -0.1) is 12.2 Å². The molecular formula is C9H18O3-2. The van der Waals surface area contributed by atoms with Crippen molar-refractivity contribution in [2.75, 3.05) is 7.11 Å². The minimum Gasteiger partial charge on any atom is -0.852 e. The maximum absolute atomic E-state index is 11.2. The first kappa shape index (κ1) is 11.9. The van der Waals surface area contributed by atoms with Crippen molar-refractivity contribution >= 4 is 0 Å². The first-order valence-electron chi connectivity index (χ1n) is 4.33. The molecule has 74 valence electrons. The van der Waals surface area contributed by atoms with E-state index in [1.165, 1.54) is 7.11 Å². The molecule has 0 fully saturated rings. The molecule has 0 amide bonds. The molecule has 0 aromatic heterocycles. The molecule has 0 N–H and O–H groups in total. The summed E-state index contributed by atoms with van der Waals surface area (Å²) in [7, 11) is 1.49. The van der Waals surface area contributed by atoms with E-state index in [-0.39, 0.29) is 18.4 Å². The highest BCUT2D eigenvalue weighted by molar-refractivity contribution is 4.68. The number of rotatable bonds is 5. The zero-order valence-corrected chi connectivity index (χ0v) is 8.24. The van der Waals surface area contributed by atoms with Crippen molar-refractivity contribution in [3.8, 4) is 0 Å². The molecule has 0 saturated heterocycles. The number of methoxy groups -OCH3 is 1. The summed E-state index contributed by atoms with van der Waals surface area (Å²) < 4.78 is 4.84. The Hall–Kier alpha value is -0.120. The summed E-state index contributed by atoms with van der Waals surface area (Å²) in [6, 6.07) is 0. The van der Waals surface area contributed by atoms with Gasteiger partial charge in [0.1, 0.15) is 0 Å². The fourth-order valence-electron chi connectivity index (χ4n) is 0.845.